The van der Waals surface area contributed by atoms with Gasteiger partial charge in [-0.15, -0.1) is 0 Å². The maximum Gasteiger partial charge on any atom is 0.203 e. The Morgan fingerprint density at radius 2 is 2.36 bits per heavy atom. The molecule has 3 nitrogen and oxygen atoms in total. The van der Waals surface area contributed by atoms with Crippen LogP contribution in [-0.2, 0) is 0 Å². The molecule has 1 aromatic carbocycles. The predicted molar refractivity (Wildman–Crippen MR) is 52.1 cm³/mol. The normalized spacial score (nSPS) is 13.6. The van der Waals surface area contributed by atoms with Crippen molar-refractivity contribution >= 4 is 5.78 Å². The standard InChI is InChI=1S/C11H12O3/c1-2-5-13-8-3-4-9-10(12)7-14-11(9)6-8/h3-4,6H,2,5,7H2,1H3. The van der Waals surface area contributed by atoms with Crippen molar-refractivity contribution in [1.29, 1.82) is 0 Å². The van der Waals surface area contributed by atoms with E-state index >= 15 is 0 Å². The largest absolute Gasteiger partial charge is 0.493 e. The molecule has 1 aliphatic heterocycles. The van der Waals surface area contributed by atoms with E-state index in [1.807, 2.05) is 6.92 Å². The Bertz CT molecular complexity index is 358. The number of fused-ring (bicyclic) bond motifs is 1. The van der Waals surface area contributed by atoms with Crippen LogP contribution in [0.2, 0.25) is 0 Å². The molecule has 2 rings (SSSR count). The molecule has 0 unspecified atom stereocenters. The van der Waals surface area contributed by atoms with E-state index in [1.165, 1.54) is 0 Å². The van der Waals surface area contributed by atoms with Gasteiger partial charge in [0.05, 0.1) is 12.2 Å². The van der Waals surface area contributed by atoms with E-state index in [-0.39, 0.29) is 12.4 Å². The van der Waals surface area contributed by atoms with Gasteiger partial charge in [0.15, 0.2) is 6.61 Å². The smallest absolute Gasteiger partial charge is 0.203 e. The van der Waals surface area contributed by atoms with Crippen LogP contribution in [0.25, 0.3) is 0 Å². The molecular formula is C11H12O3. The van der Waals surface area contributed by atoms with E-state index in [2.05, 4.69) is 0 Å². The van der Waals surface area contributed by atoms with Crippen LogP contribution in [0, 0.1) is 0 Å². The predicted octanol–water partition coefficient (Wildman–Crippen LogP) is 2.05. The van der Waals surface area contributed by atoms with Gasteiger partial charge in [-0.2, -0.15) is 0 Å². The molecular weight excluding hydrogens is 180 g/mol. The molecule has 0 aromatic heterocycles. The third-order valence-electron chi connectivity index (χ3n) is 2.09. The Hall–Kier alpha value is -1.51. The van der Waals surface area contributed by atoms with Crippen LogP contribution >= 0.6 is 0 Å². The van der Waals surface area contributed by atoms with E-state index in [4.69, 9.17) is 9.47 Å². The van der Waals surface area contributed by atoms with Crippen LogP contribution < -0.4 is 9.47 Å². The van der Waals surface area contributed by atoms with E-state index in [1.54, 1.807) is 18.2 Å². The van der Waals surface area contributed by atoms with Crippen molar-refractivity contribution in [2.45, 2.75) is 13.3 Å². The summed E-state index contributed by atoms with van der Waals surface area (Å²) in [6, 6.07) is 5.34. The number of ether oxygens (including phenoxy) is 2. The highest BCUT2D eigenvalue weighted by Crippen LogP contribution is 2.29. The minimum Gasteiger partial charge on any atom is -0.493 e. The van der Waals surface area contributed by atoms with Crippen LogP contribution in [0.3, 0.4) is 0 Å². The fourth-order valence-electron chi connectivity index (χ4n) is 1.38. The van der Waals surface area contributed by atoms with Crippen LogP contribution in [0.15, 0.2) is 18.2 Å². The molecule has 1 aliphatic rings. The SMILES string of the molecule is CCCOc1ccc2c(c1)OCC2=O. The summed E-state index contributed by atoms with van der Waals surface area (Å²) in [5, 5.41) is 0. The maximum atomic E-state index is 11.2. The first-order valence-electron chi connectivity index (χ1n) is 4.74. The number of hydrogen-bond donors (Lipinski definition) is 0. The van der Waals surface area contributed by atoms with Gasteiger partial charge in [-0.25, -0.2) is 0 Å². The number of carbonyl (C=O) groups excluding carboxylic acids is 1. The molecule has 0 N–H and O–H groups in total. The van der Waals surface area contributed by atoms with Gasteiger partial charge in [0.2, 0.25) is 5.78 Å². The summed E-state index contributed by atoms with van der Waals surface area (Å²) in [5.74, 6) is 1.45. The van der Waals surface area contributed by atoms with Crippen molar-refractivity contribution in [2.75, 3.05) is 13.2 Å². The zero-order valence-corrected chi connectivity index (χ0v) is 8.08. The van der Waals surface area contributed by atoms with Crippen molar-refractivity contribution < 1.29 is 14.3 Å². The Labute approximate surface area is 82.6 Å². The van der Waals surface area contributed by atoms with Crippen molar-refractivity contribution in [3.8, 4) is 11.5 Å². The third kappa shape index (κ3) is 1.58. The quantitative estimate of drug-likeness (QED) is 0.735. The lowest BCUT2D eigenvalue weighted by molar-refractivity contribution is 0.0961. The van der Waals surface area contributed by atoms with Gasteiger partial charge in [0.1, 0.15) is 11.5 Å². The molecule has 0 fully saturated rings. The lowest BCUT2D eigenvalue weighted by atomic mass is 10.1. The summed E-state index contributed by atoms with van der Waals surface area (Å²) in [6.07, 6.45) is 0.969. The molecule has 1 heterocycles. The fourth-order valence-corrected chi connectivity index (χ4v) is 1.38. The minimum absolute atomic E-state index is 0.0436. The average Bonchev–Trinajstić information content (AvgIpc) is 2.57. The Morgan fingerprint density at radius 3 is 3.14 bits per heavy atom. The molecule has 0 amide bonds. The Kier molecular flexibility index (Phi) is 2.39. The van der Waals surface area contributed by atoms with Crippen LogP contribution in [0.4, 0.5) is 0 Å². The highest BCUT2D eigenvalue weighted by molar-refractivity contribution is 6.02. The fraction of sp³-hybridized carbons (Fsp3) is 0.364. The molecule has 0 aliphatic carbocycles. The van der Waals surface area contributed by atoms with Crippen molar-refractivity contribution in [3.63, 3.8) is 0 Å². The molecule has 14 heavy (non-hydrogen) atoms. The van der Waals surface area contributed by atoms with Crippen molar-refractivity contribution in [1.82, 2.24) is 0 Å². The zero-order valence-electron chi connectivity index (χ0n) is 8.08. The zero-order chi connectivity index (χ0) is 9.97. The van der Waals surface area contributed by atoms with Crippen LogP contribution in [-0.4, -0.2) is 19.0 Å². The molecule has 0 radical (unpaired) electrons. The van der Waals surface area contributed by atoms with Crippen molar-refractivity contribution in [3.05, 3.63) is 23.8 Å². The van der Waals surface area contributed by atoms with Crippen LogP contribution in [0.1, 0.15) is 23.7 Å². The van der Waals surface area contributed by atoms with E-state index < -0.39 is 0 Å². The number of hydrogen-bond acceptors (Lipinski definition) is 3. The second kappa shape index (κ2) is 3.70. The number of carbonyl (C=O) groups is 1. The lowest BCUT2D eigenvalue weighted by Crippen LogP contribution is -1.98. The monoisotopic (exact) mass is 192 g/mol. The van der Waals surface area contributed by atoms with E-state index in [0.717, 1.165) is 12.2 Å². The summed E-state index contributed by atoms with van der Waals surface area (Å²) >= 11 is 0. The highest BCUT2D eigenvalue weighted by atomic mass is 16.5. The van der Waals surface area contributed by atoms with Crippen LogP contribution in [0.5, 0.6) is 11.5 Å². The summed E-state index contributed by atoms with van der Waals surface area (Å²) in [6.45, 7) is 2.90. The summed E-state index contributed by atoms with van der Waals surface area (Å²) in [7, 11) is 0. The Balaban J connectivity index is 2.19. The number of benzene rings is 1. The Morgan fingerprint density at radius 1 is 1.50 bits per heavy atom. The summed E-state index contributed by atoms with van der Waals surface area (Å²) < 4.78 is 10.6. The third-order valence-corrected chi connectivity index (χ3v) is 2.09. The molecule has 3 heteroatoms. The maximum absolute atomic E-state index is 11.2. The van der Waals surface area contributed by atoms with Gasteiger partial charge in [-0.3, -0.25) is 4.79 Å². The van der Waals surface area contributed by atoms with E-state index in [0.29, 0.717) is 17.9 Å². The summed E-state index contributed by atoms with van der Waals surface area (Å²) in [5.41, 5.74) is 0.661. The van der Waals surface area contributed by atoms with Crippen molar-refractivity contribution in [2.24, 2.45) is 0 Å². The van der Waals surface area contributed by atoms with Gasteiger partial charge >= 0.3 is 0 Å². The number of rotatable bonds is 3. The second-order valence-electron chi connectivity index (χ2n) is 3.22. The van der Waals surface area contributed by atoms with Gasteiger partial charge in [-0.05, 0) is 18.6 Å². The number of ketones is 1. The molecule has 1 aromatic rings. The summed E-state index contributed by atoms with van der Waals surface area (Å²) in [4.78, 5) is 11.2. The highest BCUT2D eigenvalue weighted by Gasteiger charge is 2.20. The van der Waals surface area contributed by atoms with E-state index in [9.17, 15) is 4.79 Å². The minimum atomic E-state index is 0.0436. The van der Waals surface area contributed by atoms with Gasteiger partial charge < -0.3 is 9.47 Å². The molecule has 0 bridgehead atoms. The lowest BCUT2D eigenvalue weighted by Gasteiger charge is -2.05. The average molecular weight is 192 g/mol. The first kappa shape index (κ1) is 9.06. The molecule has 0 saturated carbocycles. The molecule has 0 spiro atoms. The molecule has 0 saturated heterocycles. The van der Waals surface area contributed by atoms with Gasteiger partial charge in [0.25, 0.3) is 0 Å². The molecule has 0 atom stereocenters. The van der Waals surface area contributed by atoms with Gasteiger partial charge in [-0.1, -0.05) is 6.92 Å². The second-order valence-corrected chi connectivity index (χ2v) is 3.22. The molecule has 74 valence electrons. The topological polar surface area (TPSA) is 35.5 Å². The number of Topliss-reactive ketones (excluding diaryl/α,β-unsaturated/α-hetero) is 1. The first-order chi connectivity index (χ1) is 6.81. The van der Waals surface area contributed by atoms with Gasteiger partial charge in [0, 0.05) is 6.07 Å². The first-order valence-corrected chi connectivity index (χ1v) is 4.74.